The third-order valence-electron chi connectivity index (χ3n) is 14.4. The van der Waals surface area contributed by atoms with Crippen molar-refractivity contribution in [2.24, 2.45) is 0 Å². The number of amides is 2. The average Bonchev–Trinajstić information content (AvgIpc) is 4.10. The summed E-state index contributed by atoms with van der Waals surface area (Å²) >= 11 is 0. The molecule has 2 amide bonds. The van der Waals surface area contributed by atoms with Gasteiger partial charge in [-0.05, 0) is 118 Å². The first-order chi connectivity index (χ1) is 34.4. The molecule has 3 aliphatic heterocycles. The third-order valence-corrected chi connectivity index (χ3v) is 14.4. The Morgan fingerprint density at radius 2 is 1.31 bits per heavy atom. The van der Waals surface area contributed by atoms with E-state index < -0.39 is 29.1 Å². The molecule has 6 aromatic carbocycles. The number of piperazine rings is 1. The first-order valence-electron chi connectivity index (χ1n) is 24.6. The Morgan fingerprint density at radius 3 is 1.87 bits per heavy atom. The first kappa shape index (κ1) is 47.6. The van der Waals surface area contributed by atoms with Crippen LogP contribution < -0.4 is 19.4 Å². The standard InChI is InChI=1S/C58H61F2N7O4/c1-41(2)66-54(32-44-8-6-5-7-9-44)57(34-45-14-10-42(3)11-15-45,35-46-16-12-43(4)13-17-46)67(56(66)68)50-21-19-48(20-22-50)63-28-30-64(31-29-63)49-23-25-51(26-24-49)69-36-55-70-38-58(71-55,37-65-40-61-39-62-65)52-27-18-47(59)33-53(52)60/h5-27,33,39-41,54-55H,28-32,34-38H2,1-4H3/t54-,55-,58+/m0/s1. The van der Waals surface area contributed by atoms with Gasteiger partial charge >= 0.3 is 6.03 Å². The van der Waals surface area contributed by atoms with E-state index in [2.05, 4.69) is 173 Å². The maximum Gasteiger partial charge on any atom is 0.325 e. The minimum Gasteiger partial charge on any atom is -0.488 e. The maximum absolute atomic E-state index is 15.3. The molecule has 0 aliphatic carbocycles. The van der Waals surface area contributed by atoms with Crippen LogP contribution in [0, 0.1) is 25.5 Å². The van der Waals surface area contributed by atoms with Crippen LogP contribution in [0.15, 0.2) is 158 Å². The molecule has 11 nitrogen and oxygen atoms in total. The summed E-state index contributed by atoms with van der Waals surface area (Å²) in [6, 6.07) is 48.3. The van der Waals surface area contributed by atoms with Crippen LogP contribution in [0.5, 0.6) is 5.75 Å². The average molecular weight is 958 g/mol. The monoisotopic (exact) mass is 957 g/mol. The lowest BCUT2D eigenvalue weighted by molar-refractivity contribution is -0.117. The van der Waals surface area contributed by atoms with Crippen molar-refractivity contribution in [1.29, 1.82) is 0 Å². The molecule has 13 heteroatoms. The number of carbonyl (C=O) groups excluding carboxylic acids is 1. The second kappa shape index (κ2) is 20.3. The molecule has 7 aromatic rings. The maximum atomic E-state index is 15.3. The topological polar surface area (TPSA) is 88.4 Å². The largest absolute Gasteiger partial charge is 0.488 e. The number of benzene rings is 6. The van der Waals surface area contributed by atoms with Crippen LogP contribution in [0.4, 0.5) is 30.6 Å². The van der Waals surface area contributed by atoms with Gasteiger partial charge in [-0.2, -0.15) is 5.10 Å². The Labute approximate surface area is 415 Å². The van der Waals surface area contributed by atoms with E-state index in [0.29, 0.717) is 18.6 Å². The van der Waals surface area contributed by atoms with Crippen LogP contribution in [0.1, 0.15) is 47.2 Å². The minimum absolute atomic E-state index is 0.0153. The van der Waals surface area contributed by atoms with Gasteiger partial charge in [0.15, 0.2) is 6.29 Å². The molecule has 0 unspecified atom stereocenters. The molecule has 3 fully saturated rings. The van der Waals surface area contributed by atoms with Crippen LogP contribution in [-0.4, -0.2) is 89.0 Å². The molecule has 0 spiro atoms. The fraction of sp³-hybridized carbons (Fsp3) is 0.328. The molecular formula is C58H61F2N7O4. The number of halogens is 2. The number of ether oxygens (including phenoxy) is 3. The fourth-order valence-electron chi connectivity index (χ4n) is 10.8. The summed E-state index contributed by atoms with van der Waals surface area (Å²) in [6.07, 6.45) is 4.23. The molecule has 0 N–H and O–H groups in total. The smallest absolute Gasteiger partial charge is 0.325 e. The minimum atomic E-state index is -1.25. The summed E-state index contributed by atoms with van der Waals surface area (Å²) in [5, 5.41) is 4.17. The number of hydrogen-bond donors (Lipinski definition) is 0. The van der Waals surface area contributed by atoms with Crippen molar-refractivity contribution in [3.8, 4) is 5.75 Å². The summed E-state index contributed by atoms with van der Waals surface area (Å²) in [6.45, 7) is 12.0. The number of hydrogen-bond acceptors (Lipinski definition) is 8. The molecule has 1 aromatic heterocycles. The van der Waals surface area contributed by atoms with Gasteiger partial charge in [0.25, 0.3) is 0 Å². The number of anilines is 3. The zero-order chi connectivity index (χ0) is 49.1. The van der Waals surface area contributed by atoms with Gasteiger partial charge in [0.2, 0.25) is 0 Å². The molecule has 0 bridgehead atoms. The van der Waals surface area contributed by atoms with Crippen molar-refractivity contribution >= 4 is 23.1 Å². The lowest BCUT2D eigenvalue weighted by Crippen LogP contribution is -2.57. The molecule has 71 heavy (non-hydrogen) atoms. The van der Waals surface area contributed by atoms with Crippen LogP contribution in [0.3, 0.4) is 0 Å². The predicted molar refractivity (Wildman–Crippen MR) is 273 cm³/mol. The van der Waals surface area contributed by atoms with Crippen LogP contribution >= 0.6 is 0 Å². The SMILES string of the molecule is Cc1ccc(CC2(Cc3ccc(C)cc3)[C@H](Cc3ccccc3)N(C(C)C)C(=O)N2c2ccc(N3CCN(c4ccc(OC[C@H]5OC[C@](Cn6cncn6)(c6ccc(F)cc6F)O5)cc4)CC3)cc2)cc1. The van der Waals surface area contributed by atoms with E-state index in [1.54, 1.807) is 0 Å². The van der Waals surface area contributed by atoms with E-state index in [1.807, 2.05) is 12.1 Å². The van der Waals surface area contributed by atoms with Gasteiger partial charge in [-0.1, -0.05) is 96.1 Å². The van der Waals surface area contributed by atoms with E-state index in [-0.39, 0.29) is 43.4 Å². The molecule has 0 radical (unpaired) electrons. The summed E-state index contributed by atoms with van der Waals surface area (Å²) in [5.74, 6) is -0.759. The summed E-state index contributed by atoms with van der Waals surface area (Å²) in [5.41, 5.74) is 7.48. The number of rotatable bonds is 16. The van der Waals surface area contributed by atoms with Gasteiger partial charge in [-0.15, -0.1) is 0 Å². The second-order valence-corrected chi connectivity index (χ2v) is 19.6. The number of carbonyl (C=O) groups is 1. The Hall–Kier alpha value is -7.09. The Balaban J connectivity index is 0.831. The zero-order valence-corrected chi connectivity index (χ0v) is 40.8. The van der Waals surface area contributed by atoms with E-state index in [4.69, 9.17) is 14.2 Å². The van der Waals surface area contributed by atoms with Crippen molar-refractivity contribution in [2.45, 2.75) is 83.0 Å². The molecule has 366 valence electrons. The highest BCUT2D eigenvalue weighted by Crippen LogP contribution is 2.45. The molecule has 0 saturated carbocycles. The molecule has 10 rings (SSSR count). The quantitative estimate of drug-likeness (QED) is 0.0947. The summed E-state index contributed by atoms with van der Waals surface area (Å²) < 4.78 is 48.9. The molecule has 3 atom stereocenters. The summed E-state index contributed by atoms with van der Waals surface area (Å²) in [4.78, 5) is 28.3. The zero-order valence-electron chi connectivity index (χ0n) is 40.8. The van der Waals surface area contributed by atoms with Gasteiger partial charge in [-0.25, -0.2) is 23.2 Å². The fourth-order valence-corrected chi connectivity index (χ4v) is 10.8. The molecule has 3 aliphatic rings. The number of urea groups is 1. The Kier molecular flexibility index (Phi) is 13.6. The van der Waals surface area contributed by atoms with Gasteiger partial charge in [-0.3, -0.25) is 4.90 Å². The van der Waals surface area contributed by atoms with Crippen LogP contribution in [0.25, 0.3) is 0 Å². The number of aryl methyl sites for hydroxylation is 2. The third kappa shape index (κ3) is 10.1. The molecule has 3 saturated heterocycles. The van der Waals surface area contributed by atoms with Gasteiger partial charge in [0.05, 0.1) is 24.7 Å². The Bertz CT molecular complexity index is 2830. The van der Waals surface area contributed by atoms with E-state index in [0.717, 1.165) is 55.7 Å². The van der Waals surface area contributed by atoms with Gasteiger partial charge in [0, 0.05) is 60.9 Å². The number of nitrogens with zero attached hydrogens (tertiary/aromatic N) is 7. The van der Waals surface area contributed by atoms with E-state index in [9.17, 15) is 4.39 Å². The first-order valence-corrected chi connectivity index (χ1v) is 24.6. The van der Waals surface area contributed by atoms with Crippen LogP contribution in [0.2, 0.25) is 0 Å². The van der Waals surface area contributed by atoms with Crippen molar-refractivity contribution in [3.63, 3.8) is 0 Å². The predicted octanol–water partition coefficient (Wildman–Crippen LogP) is 10.3. The highest BCUT2D eigenvalue weighted by molar-refractivity contribution is 5.97. The lowest BCUT2D eigenvalue weighted by atomic mass is 9.75. The molecule has 4 heterocycles. The highest BCUT2D eigenvalue weighted by Gasteiger charge is 2.58. The van der Waals surface area contributed by atoms with Crippen molar-refractivity contribution in [1.82, 2.24) is 19.7 Å². The van der Waals surface area contributed by atoms with E-state index in [1.165, 1.54) is 57.3 Å². The molecular weight excluding hydrogens is 897 g/mol. The van der Waals surface area contributed by atoms with E-state index >= 15 is 9.18 Å². The summed E-state index contributed by atoms with van der Waals surface area (Å²) in [7, 11) is 0. The van der Waals surface area contributed by atoms with Crippen LogP contribution in [-0.2, 0) is 40.9 Å². The Morgan fingerprint density at radius 1 is 0.718 bits per heavy atom. The van der Waals surface area contributed by atoms with Gasteiger partial charge < -0.3 is 28.9 Å². The van der Waals surface area contributed by atoms with Crippen molar-refractivity contribution in [2.75, 3.05) is 54.1 Å². The van der Waals surface area contributed by atoms with Crippen molar-refractivity contribution in [3.05, 3.63) is 203 Å². The lowest BCUT2D eigenvalue weighted by Gasteiger charge is -2.43. The van der Waals surface area contributed by atoms with Gasteiger partial charge in [0.1, 0.15) is 42.2 Å². The second-order valence-electron chi connectivity index (χ2n) is 19.6. The normalized spacial score (nSPS) is 20.1. The number of aromatic nitrogens is 3. The van der Waals surface area contributed by atoms with Crippen molar-refractivity contribution < 1.29 is 27.8 Å². The highest BCUT2D eigenvalue weighted by atomic mass is 19.1.